The molecule has 40 heavy (non-hydrogen) atoms. The molecule has 0 aliphatic carbocycles. The zero-order chi connectivity index (χ0) is 28.4. The minimum absolute atomic E-state index is 0.00930. The third-order valence-corrected chi connectivity index (χ3v) is 7.48. The number of halogens is 4. The van der Waals surface area contributed by atoms with E-state index in [1.54, 1.807) is 30.5 Å². The molecule has 1 aliphatic heterocycles. The lowest BCUT2D eigenvalue weighted by Gasteiger charge is -2.37. The minimum atomic E-state index is -2.64. The molecule has 0 bridgehead atoms. The highest BCUT2D eigenvalue weighted by molar-refractivity contribution is 7.99. The van der Waals surface area contributed by atoms with Crippen molar-refractivity contribution in [3.8, 4) is 11.3 Å². The number of carbonyl (C=O) groups excluding carboxylic acids is 1. The Kier molecular flexibility index (Phi) is 8.48. The number of thioether (sulfide) groups is 1. The number of carbonyl (C=O) groups is 1. The monoisotopic (exact) mass is 585 g/mol. The van der Waals surface area contributed by atoms with E-state index in [0.29, 0.717) is 51.6 Å². The first-order valence-electron chi connectivity index (χ1n) is 12.8. The summed E-state index contributed by atoms with van der Waals surface area (Å²) >= 11 is 6.31. The normalized spacial score (nSPS) is 17.4. The number of fused-ring (bicyclic) bond motifs is 1. The number of nitrogens with zero attached hydrogens (tertiary/aromatic N) is 3. The second kappa shape index (κ2) is 12.0. The lowest BCUT2D eigenvalue weighted by Crippen LogP contribution is -2.54. The Bertz CT molecular complexity index is 1550. The van der Waals surface area contributed by atoms with Gasteiger partial charge in [-0.1, -0.05) is 35.5 Å². The smallest absolute Gasteiger partial charge is 0.288 e. The van der Waals surface area contributed by atoms with Gasteiger partial charge in [0.15, 0.2) is 0 Å². The van der Waals surface area contributed by atoms with Crippen LogP contribution >= 0.6 is 23.4 Å². The molecule has 208 valence electrons. The summed E-state index contributed by atoms with van der Waals surface area (Å²) in [7, 11) is 0. The van der Waals surface area contributed by atoms with E-state index in [4.69, 9.17) is 16.6 Å². The van der Waals surface area contributed by atoms with Gasteiger partial charge in [-0.05, 0) is 56.3 Å². The Balaban J connectivity index is 1.36. The number of alkyl halides is 2. The molecule has 4 aromatic rings. The largest absolute Gasteiger partial charge is 0.353 e. The van der Waals surface area contributed by atoms with Crippen molar-refractivity contribution < 1.29 is 18.0 Å². The molecule has 2 aromatic carbocycles. The molecule has 11 heteroatoms. The number of nitrogens with one attached hydrogen (secondary N) is 2. The maximum atomic E-state index is 15.8. The molecule has 2 atom stereocenters. The average molecular weight is 586 g/mol. The summed E-state index contributed by atoms with van der Waals surface area (Å²) < 4.78 is 41.3. The molecule has 2 aromatic heterocycles. The SMILES string of the molecule is CC1CN(c2cccc(-c3ccc4cnc(CNC(=O)c5cc(Cl)cc(SC(F)F)c5)cc4c3F)n2)CC(C)N1. The lowest BCUT2D eigenvalue weighted by atomic mass is 10.0. The second-order valence-corrected chi connectivity index (χ2v) is 11.3. The van der Waals surface area contributed by atoms with Crippen molar-refractivity contribution in [2.75, 3.05) is 18.0 Å². The number of pyridine rings is 2. The van der Waals surface area contributed by atoms with E-state index in [-0.39, 0.29) is 22.0 Å². The maximum absolute atomic E-state index is 15.8. The summed E-state index contributed by atoms with van der Waals surface area (Å²) in [4.78, 5) is 24.2. The Hall–Kier alpha value is -3.34. The van der Waals surface area contributed by atoms with E-state index < -0.39 is 17.5 Å². The third-order valence-electron chi connectivity index (χ3n) is 6.57. The van der Waals surface area contributed by atoms with Crippen molar-refractivity contribution in [3.63, 3.8) is 0 Å². The molecule has 5 rings (SSSR count). The van der Waals surface area contributed by atoms with Gasteiger partial charge < -0.3 is 15.5 Å². The fourth-order valence-electron chi connectivity index (χ4n) is 4.92. The van der Waals surface area contributed by atoms with E-state index in [1.165, 1.54) is 18.2 Å². The summed E-state index contributed by atoms with van der Waals surface area (Å²) in [6.07, 6.45) is 1.55. The predicted molar refractivity (Wildman–Crippen MR) is 154 cm³/mol. The van der Waals surface area contributed by atoms with Crippen molar-refractivity contribution in [1.82, 2.24) is 20.6 Å². The Labute approximate surface area is 239 Å². The summed E-state index contributed by atoms with van der Waals surface area (Å²) in [5, 5.41) is 7.34. The van der Waals surface area contributed by atoms with Crippen molar-refractivity contribution >= 4 is 45.9 Å². The number of hydrogen-bond donors (Lipinski definition) is 2. The zero-order valence-corrected chi connectivity index (χ0v) is 23.4. The van der Waals surface area contributed by atoms with Crippen LogP contribution in [0.4, 0.5) is 19.0 Å². The molecule has 1 aliphatic rings. The van der Waals surface area contributed by atoms with Crippen LogP contribution in [0.2, 0.25) is 5.02 Å². The average Bonchev–Trinajstić information content (AvgIpc) is 2.91. The topological polar surface area (TPSA) is 70.2 Å². The summed E-state index contributed by atoms with van der Waals surface area (Å²) in [5.41, 5.74) is 1.48. The first kappa shape index (κ1) is 28.2. The number of hydrogen-bond acceptors (Lipinski definition) is 6. The van der Waals surface area contributed by atoms with E-state index in [2.05, 4.69) is 34.4 Å². The molecule has 2 unspecified atom stereocenters. The lowest BCUT2D eigenvalue weighted by molar-refractivity contribution is 0.0950. The van der Waals surface area contributed by atoms with Gasteiger partial charge in [-0.2, -0.15) is 8.78 Å². The van der Waals surface area contributed by atoms with E-state index >= 15 is 4.39 Å². The van der Waals surface area contributed by atoms with Crippen molar-refractivity contribution in [3.05, 3.63) is 82.9 Å². The first-order valence-corrected chi connectivity index (χ1v) is 14.0. The molecular formula is C29H27ClF3N5OS. The molecule has 6 nitrogen and oxygen atoms in total. The van der Waals surface area contributed by atoms with Crippen LogP contribution < -0.4 is 15.5 Å². The van der Waals surface area contributed by atoms with Crippen LogP contribution in [-0.4, -0.2) is 46.8 Å². The van der Waals surface area contributed by atoms with Gasteiger partial charge >= 0.3 is 0 Å². The molecule has 0 saturated carbocycles. The number of rotatable bonds is 7. The van der Waals surface area contributed by atoms with Gasteiger partial charge in [0.05, 0.1) is 17.9 Å². The van der Waals surface area contributed by atoms with Crippen molar-refractivity contribution in [2.45, 2.75) is 43.1 Å². The van der Waals surface area contributed by atoms with Gasteiger partial charge in [0, 0.05) is 63.2 Å². The Morgan fingerprint density at radius 1 is 1.15 bits per heavy atom. The minimum Gasteiger partial charge on any atom is -0.353 e. The highest BCUT2D eigenvalue weighted by Gasteiger charge is 2.22. The van der Waals surface area contributed by atoms with E-state index in [9.17, 15) is 13.6 Å². The van der Waals surface area contributed by atoms with Gasteiger partial charge in [-0.25, -0.2) is 9.37 Å². The number of aromatic nitrogens is 2. The van der Waals surface area contributed by atoms with Crippen LogP contribution in [0.3, 0.4) is 0 Å². The summed E-state index contributed by atoms with van der Waals surface area (Å²) in [6, 6.07) is 15.4. The standard InChI is InChI=1S/C29H27ClF3N5OS/c1-16-14-38(15-17(2)36-16)26-5-3-4-25(37-26)23-7-6-18-12-34-21(11-24(18)27(23)31)13-35-28(39)19-8-20(30)10-22(9-19)40-29(32)33/h3-12,16-17,29,36H,13-15H2,1-2H3,(H,35,39). The summed E-state index contributed by atoms with van der Waals surface area (Å²) in [6.45, 7) is 5.88. The van der Waals surface area contributed by atoms with E-state index in [1.807, 2.05) is 12.1 Å². The van der Waals surface area contributed by atoms with Crippen LogP contribution in [0.5, 0.6) is 0 Å². The van der Waals surface area contributed by atoms with Gasteiger partial charge in [-0.3, -0.25) is 9.78 Å². The molecule has 0 spiro atoms. The molecule has 3 heterocycles. The fourth-order valence-corrected chi connectivity index (χ4v) is 5.81. The van der Waals surface area contributed by atoms with Gasteiger partial charge in [-0.15, -0.1) is 0 Å². The maximum Gasteiger partial charge on any atom is 0.288 e. The quantitative estimate of drug-likeness (QED) is 0.241. The van der Waals surface area contributed by atoms with Gasteiger partial charge in [0.2, 0.25) is 0 Å². The molecule has 0 radical (unpaired) electrons. The third kappa shape index (κ3) is 6.51. The number of anilines is 1. The highest BCUT2D eigenvalue weighted by Crippen LogP contribution is 2.31. The van der Waals surface area contributed by atoms with Crippen molar-refractivity contribution in [2.24, 2.45) is 0 Å². The highest BCUT2D eigenvalue weighted by atomic mass is 35.5. The van der Waals surface area contributed by atoms with Crippen LogP contribution in [0.1, 0.15) is 29.9 Å². The predicted octanol–water partition coefficient (Wildman–Crippen LogP) is 6.52. The van der Waals surface area contributed by atoms with Crippen LogP contribution in [0.15, 0.2) is 65.7 Å². The van der Waals surface area contributed by atoms with Crippen LogP contribution in [0.25, 0.3) is 22.0 Å². The zero-order valence-electron chi connectivity index (χ0n) is 21.8. The molecule has 1 saturated heterocycles. The van der Waals surface area contributed by atoms with Crippen LogP contribution in [-0.2, 0) is 6.54 Å². The molecule has 1 fully saturated rings. The fraction of sp³-hybridized carbons (Fsp3) is 0.276. The Morgan fingerprint density at radius 3 is 2.67 bits per heavy atom. The van der Waals surface area contributed by atoms with Crippen LogP contribution in [0, 0.1) is 5.82 Å². The molecule has 2 N–H and O–H groups in total. The summed E-state index contributed by atoms with van der Waals surface area (Å²) in [5.74, 6) is -2.77. The first-order chi connectivity index (χ1) is 19.2. The van der Waals surface area contributed by atoms with Gasteiger partial charge in [0.25, 0.3) is 11.7 Å². The number of piperazine rings is 1. The molecular weight excluding hydrogens is 559 g/mol. The van der Waals surface area contributed by atoms with E-state index in [0.717, 1.165) is 18.9 Å². The van der Waals surface area contributed by atoms with Crippen molar-refractivity contribution in [1.29, 1.82) is 0 Å². The number of amides is 1. The molecule has 1 amide bonds. The second-order valence-electron chi connectivity index (χ2n) is 9.82. The van der Waals surface area contributed by atoms with Gasteiger partial charge in [0.1, 0.15) is 11.6 Å². The number of benzene rings is 2. The Morgan fingerprint density at radius 2 is 1.93 bits per heavy atom.